The van der Waals surface area contributed by atoms with Crippen molar-refractivity contribution < 1.29 is 14.7 Å². The number of thioether (sulfide) groups is 1. The molecule has 1 unspecified atom stereocenters. The summed E-state index contributed by atoms with van der Waals surface area (Å²) in [5.41, 5.74) is 0.579. The molecule has 2 N–H and O–H groups in total. The lowest BCUT2D eigenvalue weighted by atomic mass is 10.1. The lowest BCUT2D eigenvalue weighted by molar-refractivity contribution is -0.142. The number of nitrogens with one attached hydrogen (secondary N) is 1. The minimum atomic E-state index is -1.04. The number of carboxylic acid groups (broad SMARTS) is 1. The zero-order chi connectivity index (χ0) is 19.3. The molecule has 0 spiro atoms. The van der Waals surface area contributed by atoms with Crippen LogP contribution in [0.1, 0.15) is 19.7 Å². The molecule has 26 heavy (non-hydrogen) atoms. The van der Waals surface area contributed by atoms with E-state index in [0.29, 0.717) is 29.0 Å². The van der Waals surface area contributed by atoms with E-state index in [0.717, 1.165) is 0 Å². The van der Waals surface area contributed by atoms with Crippen LogP contribution in [0.4, 0.5) is 0 Å². The number of hydrogen-bond donors (Lipinski definition) is 2. The monoisotopic (exact) mass is 377 g/mol. The Morgan fingerprint density at radius 2 is 2.00 bits per heavy atom. The molecule has 0 radical (unpaired) electrons. The number of rotatable bonds is 8. The summed E-state index contributed by atoms with van der Waals surface area (Å²) in [6.45, 7) is 5.71. The number of carbonyl (C=O) groups excluding carboxylic acids is 1. The van der Waals surface area contributed by atoms with Crippen molar-refractivity contribution in [2.45, 2.75) is 33.4 Å². The predicted octanol–water partition coefficient (Wildman–Crippen LogP) is 1.66. The molecule has 1 heterocycles. The van der Waals surface area contributed by atoms with Crippen molar-refractivity contribution in [2.24, 2.45) is 5.92 Å². The lowest BCUT2D eigenvalue weighted by Crippen LogP contribution is -2.45. The molecule has 0 saturated heterocycles. The van der Waals surface area contributed by atoms with Crippen LogP contribution >= 0.6 is 11.8 Å². The van der Waals surface area contributed by atoms with Gasteiger partial charge in [-0.25, -0.2) is 9.78 Å². The molecule has 1 amide bonds. The average molecular weight is 377 g/mol. The van der Waals surface area contributed by atoms with Gasteiger partial charge in [-0.3, -0.25) is 14.2 Å². The molecule has 2 rings (SSSR count). The average Bonchev–Trinajstić information content (AvgIpc) is 2.58. The molecular weight excluding hydrogens is 354 g/mol. The van der Waals surface area contributed by atoms with Gasteiger partial charge in [-0.2, -0.15) is 11.8 Å². The molecule has 7 nitrogen and oxygen atoms in total. The largest absolute Gasteiger partial charge is 0.480 e. The van der Waals surface area contributed by atoms with Crippen molar-refractivity contribution in [2.75, 3.05) is 11.5 Å². The highest BCUT2D eigenvalue weighted by molar-refractivity contribution is 7.99. The van der Waals surface area contributed by atoms with E-state index in [9.17, 15) is 14.4 Å². The number of carbonyl (C=O) groups is 2. The lowest BCUT2D eigenvalue weighted by Gasteiger charge is -2.17. The number of nitrogens with zero attached hydrogens (tertiary/aromatic N) is 2. The van der Waals surface area contributed by atoms with Gasteiger partial charge in [0.15, 0.2) is 0 Å². The number of aryl methyl sites for hydroxylation is 1. The Morgan fingerprint density at radius 3 is 2.65 bits per heavy atom. The molecule has 0 aliphatic carbocycles. The van der Waals surface area contributed by atoms with Crippen molar-refractivity contribution >= 4 is 34.5 Å². The quantitative estimate of drug-likeness (QED) is 0.679. The first-order valence-corrected chi connectivity index (χ1v) is 9.52. The van der Waals surface area contributed by atoms with Crippen LogP contribution in [0.3, 0.4) is 0 Å². The van der Waals surface area contributed by atoms with E-state index < -0.39 is 12.0 Å². The maximum absolute atomic E-state index is 12.5. The number of aromatic nitrogens is 2. The van der Waals surface area contributed by atoms with Crippen molar-refractivity contribution in [3.05, 3.63) is 40.4 Å². The van der Waals surface area contributed by atoms with Gasteiger partial charge < -0.3 is 10.4 Å². The molecular formula is C18H23N3O4S. The third-order valence-electron chi connectivity index (χ3n) is 3.99. The summed E-state index contributed by atoms with van der Waals surface area (Å²) >= 11 is 1.35. The topological polar surface area (TPSA) is 101 Å². The Morgan fingerprint density at radius 1 is 1.31 bits per heavy atom. The Balaban J connectivity index is 1.92. The van der Waals surface area contributed by atoms with E-state index in [1.807, 2.05) is 6.07 Å². The van der Waals surface area contributed by atoms with Crippen molar-refractivity contribution in [1.29, 1.82) is 0 Å². The van der Waals surface area contributed by atoms with Crippen LogP contribution in [-0.2, 0) is 16.1 Å². The third-order valence-corrected chi connectivity index (χ3v) is 4.93. The highest BCUT2D eigenvalue weighted by atomic mass is 32.2. The van der Waals surface area contributed by atoms with Gasteiger partial charge in [0.1, 0.15) is 11.9 Å². The van der Waals surface area contributed by atoms with E-state index in [1.165, 1.54) is 11.8 Å². The van der Waals surface area contributed by atoms with Crippen LogP contribution in [0.2, 0.25) is 0 Å². The maximum Gasteiger partial charge on any atom is 0.326 e. The van der Waals surface area contributed by atoms with Crippen molar-refractivity contribution in [3.63, 3.8) is 0 Å². The second-order valence-electron chi connectivity index (χ2n) is 6.31. The van der Waals surface area contributed by atoms with Crippen molar-refractivity contribution in [1.82, 2.24) is 14.9 Å². The number of aliphatic carboxylic acids is 1. The van der Waals surface area contributed by atoms with Crippen molar-refractivity contribution in [3.8, 4) is 0 Å². The van der Waals surface area contributed by atoms with Crippen LogP contribution in [0, 0.1) is 12.8 Å². The molecule has 1 aromatic heterocycles. The van der Waals surface area contributed by atoms with Gasteiger partial charge in [-0.15, -0.1) is 0 Å². The summed E-state index contributed by atoms with van der Waals surface area (Å²) in [6, 6.07) is 6.31. The molecule has 0 aliphatic heterocycles. The van der Waals surface area contributed by atoms with Crippen LogP contribution < -0.4 is 10.9 Å². The number of hydrogen-bond acceptors (Lipinski definition) is 5. The molecule has 140 valence electrons. The summed E-state index contributed by atoms with van der Waals surface area (Å²) in [6.07, 6.45) is 0. The second-order valence-corrected chi connectivity index (χ2v) is 7.42. The molecule has 1 atom stereocenters. The second kappa shape index (κ2) is 8.84. The predicted molar refractivity (Wildman–Crippen MR) is 102 cm³/mol. The standard InChI is InChI=1S/C18H23N3O4S/c1-11(2)16(18(24)25)20-15(22)10-26-9-8-21-12(3)19-14-7-5-4-6-13(14)17(21)23/h4-7,11,16H,8-10H2,1-3H3,(H,20,22)(H,24,25). The summed E-state index contributed by atoms with van der Waals surface area (Å²) in [5, 5.41) is 12.2. The highest BCUT2D eigenvalue weighted by Crippen LogP contribution is 2.09. The van der Waals surface area contributed by atoms with Crippen LogP contribution in [0.5, 0.6) is 0 Å². The summed E-state index contributed by atoms with van der Waals surface area (Å²) in [5.74, 6) is -0.228. The van der Waals surface area contributed by atoms with E-state index >= 15 is 0 Å². The minimum Gasteiger partial charge on any atom is -0.480 e. The van der Waals surface area contributed by atoms with Crippen LogP contribution in [-0.4, -0.2) is 44.1 Å². The Hall–Kier alpha value is -2.35. The Labute approximate surface area is 155 Å². The van der Waals surface area contributed by atoms with Crippen LogP contribution in [0.15, 0.2) is 29.1 Å². The first kappa shape index (κ1) is 20.0. The Bertz CT molecular complexity index is 863. The molecule has 0 fully saturated rings. The van der Waals surface area contributed by atoms with Gasteiger partial charge >= 0.3 is 5.97 Å². The normalized spacial score (nSPS) is 12.3. The number of amides is 1. The maximum atomic E-state index is 12.5. The first-order valence-electron chi connectivity index (χ1n) is 8.37. The SMILES string of the molecule is Cc1nc2ccccc2c(=O)n1CCSCC(=O)NC(C(=O)O)C(C)C. The number of benzene rings is 1. The van der Waals surface area contributed by atoms with Gasteiger partial charge in [-0.1, -0.05) is 26.0 Å². The molecule has 1 aromatic carbocycles. The first-order chi connectivity index (χ1) is 12.3. The number of fused-ring (bicyclic) bond motifs is 1. The zero-order valence-electron chi connectivity index (χ0n) is 15.1. The molecule has 8 heteroatoms. The highest BCUT2D eigenvalue weighted by Gasteiger charge is 2.23. The minimum absolute atomic E-state index is 0.0936. The summed E-state index contributed by atoms with van der Waals surface area (Å²) in [7, 11) is 0. The fraction of sp³-hybridized carbons (Fsp3) is 0.444. The Kier molecular flexibility index (Phi) is 6.79. The third kappa shape index (κ3) is 4.85. The van der Waals surface area contributed by atoms with Gasteiger partial charge in [0.2, 0.25) is 5.91 Å². The van der Waals surface area contributed by atoms with Crippen LogP contribution in [0.25, 0.3) is 10.9 Å². The fourth-order valence-electron chi connectivity index (χ4n) is 2.59. The fourth-order valence-corrected chi connectivity index (χ4v) is 3.32. The van der Waals surface area contributed by atoms with E-state index in [1.54, 1.807) is 43.5 Å². The molecule has 0 bridgehead atoms. The number of carboxylic acids is 1. The number of para-hydroxylation sites is 1. The smallest absolute Gasteiger partial charge is 0.326 e. The van der Waals surface area contributed by atoms with Gasteiger partial charge in [-0.05, 0) is 25.0 Å². The van der Waals surface area contributed by atoms with Gasteiger partial charge in [0, 0.05) is 12.3 Å². The molecule has 0 aliphatic rings. The summed E-state index contributed by atoms with van der Waals surface area (Å²) < 4.78 is 1.60. The summed E-state index contributed by atoms with van der Waals surface area (Å²) in [4.78, 5) is 40.0. The molecule has 2 aromatic rings. The van der Waals surface area contributed by atoms with Gasteiger partial charge in [0.25, 0.3) is 5.56 Å². The molecule has 0 saturated carbocycles. The van der Waals surface area contributed by atoms with Gasteiger partial charge in [0.05, 0.1) is 16.7 Å². The van der Waals surface area contributed by atoms with E-state index in [4.69, 9.17) is 5.11 Å². The van der Waals surface area contributed by atoms with E-state index in [2.05, 4.69) is 10.3 Å². The van der Waals surface area contributed by atoms with E-state index in [-0.39, 0.29) is 23.1 Å². The zero-order valence-corrected chi connectivity index (χ0v) is 15.9.